The molecule has 11 heteroatoms. The number of thiazole rings is 1. The highest BCUT2D eigenvalue weighted by atomic mass is 35.5. The molecule has 0 aliphatic carbocycles. The zero-order chi connectivity index (χ0) is 19.3. The summed E-state index contributed by atoms with van der Waals surface area (Å²) in [6, 6.07) is 0.538. The lowest BCUT2D eigenvalue weighted by molar-refractivity contribution is -0.119. The third kappa shape index (κ3) is 5.85. The number of hydrogen-bond donors (Lipinski definition) is 2. The number of amides is 2. The molecular weight excluding hydrogens is 416 g/mol. The van der Waals surface area contributed by atoms with Gasteiger partial charge in [0.05, 0.1) is 23.0 Å². The van der Waals surface area contributed by atoms with E-state index >= 15 is 0 Å². The van der Waals surface area contributed by atoms with Crippen molar-refractivity contribution in [2.24, 2.45) is 16.0 Å². The van der Waals surface area contributed by atoms with Crippen molar-refractivity contribution < 1.29 is 13.8 Å². The van der Waals surface area contributed by atoms with Crippen LogP contribution in [0.25, 0.3) is 0 Å². The average Bonchev–Trinajstić information content (AvgIpc) is 3.18. The molecule has 0 aromatic carbocycles. The molecule has 2 heterocycles. The molecule has 2 aromatic heterocycles. The molecule has 0 aliphatic rings. The first-order valence-corrected chi connectivity index (χ1v) is 11.3. The van der Waals surface area contributed by atoms with E-state index in [1.54, 1.807) is 17.1 Å². The van der Waals surface area contributed by atoms with Crippen molar-refractivity contribution in [3.05, 3.63) is 33.1 Å². The highest BCUT2D eigenvalue weighted by molar-refractivity contribution is 7.94. The molecule has 0 bridgehead atoms. The minimum Gasteiger partial charge on any atom is -0.320 e. The number of carbonyl (C=O) groups excluding carboxylic acids is 2. The number of nitrogens with one attached hydrogen (secondary N) is 1. The van der Waals surface area contributed by atoms with Crippen molar-refractivity contribution in [3.8, 4) is 0 Å². The van der Waals surface area contributed by atoms with Crippen molar-refractivity contribution in [2.45, 2.75) is 36.9 Å². The van der Waals surface area contributed by atoms with E-state index in [9.17, 15) is 13.8 Å². The van der Waals surface area contributed by atoms with Crippen LogP contribution in [0.4, 0.5) is 0 Å². The second-order valence-electron chi connectivity index (χ2n) is 5.95. The van der Waals surface area contributed by atoms with Crippen molar-refractivity contribution in [3.63, 3.8) is 0 Å². The summed E-state index contributed by atoms with van der Waals surface area (Å²) in [6.07, 6.45) is 1.94. The van der Waals surface area contributed by atoms with Gasteiger partial charge in [0, 0.05) is 16.5 Å². The molecule has 3 N–H and O–H groups in total. The molecule has 2 rings (SSSR count). The Morgan fingerprint density at radius 2 is 2.15 bits per heavy atom. The Labute approximate surface area is 165 Å². The van der Waals surface area contributed by atoms with Gasteiger partial charge in [0.2, 0.25) is 5.91 Å². The van der Waals surface area contributed by atoms with Crippen LogP contribution in [0.2, 0.25) is 5.02 Å². The highest BCUT2D eigenvalue weighted by Crippen LogP contribution is 2.25. The van der Waals surface area contributed by atoms with Gasteiger partial charge in [-0.1, -0.05) is 25.4 Å². The zero-order valence-electron chi connectivity index (χ0n) is 14.2. The normalized spacial score (nSPS) is 14.7. The molecule has 0 radical (unpaired) electrons. The molecule has 142 valence electrons. The summed E-state index contributed by atoms with van der Waals surface area (Å²) < 4.78 is 19.7. The van der Waals surface area contributed by atoms with Crippen molar-refractivity contribution in [1.29, 1.82) is 0 Å². The highest BCUT2D eigenvalue weighted by Gasteiger charge is 2.23. The van der Waals surface area contributed by atoms with Gasteiger partial charge in [0.25, 0.3) is 5.91 Å². The van der Waals surface area contributed by atoms with Crippen LogP contribution in [0.3, 0.4) is 0 Å². The summed E-state index contributed by atoms with van der Waals surface area (Å²) in [5, 5.41) is 1.91. The molecule has 2 aromatic rings. The van der Waals surface area contributed by atoms with Crippen LogP contribution in [0.15, 0.2) is 31.7 Å². The van der Waals surface area contributed by atoms with Gasteiger partial charge < -0.3 is 5.73 Å². The first kappa shape index (κ1) is 21.0. The first-order valence-electron chi connectivity index (χ1n) is 7.68. The summed E-state index contributed by atoms with van der Waals surface area (Å²) in [7, 11) is -3.52. The summed E-state index contributed by atoms with van der Waals surface area (Å²) >= 11 is 8.26. The van der Waals surface area contributed by atoms with Crippen LogP contribution in [-0.4, -0.2) is 27.0 Å². The standard InChI is InChI=1S/C15H19ClN4O3S3/c1-9(2)3-12(17)15(22)20-26(23,14-4-10(16)7-24-14)19-13(21)5-11-6-18-8-25-11/h4,6-9,12H,3,5,17H2,1-2H3,(H,19,20,21,22,23). The number of hydrogen-bond acceptors (Lipinski definition) is 7. The number of carbonyl (C=O) groups is 2. The van der Waals surface area contributed by atoms with E-state index in [0.29, 0.717) is 16.3 Å². The fourth-order valence-electron chi connectivity index (χ4n) is 2.04. The van der Waals surface area contributed by atoms with E-state index in [2.05, 4.69) is 14.1 Å². The molecule has 2 atom stereocenters. The fourth-order valence-corrected chi connectivity index (χ4v) is 5.69. The van der Waals surface area contributed by atoms with Crippen molar-refractivity contribution in [1.82, 2.24) is 9.71 Å². The van der Waals surface area contributed by atoms with Gasteiger partial charge in [-0.2, -0.15) is 0 Å². The largest absolute Gasteiger partial charge is 0.320 e. The maximum absolute atomic E-state index is 13.3. The maximum atomic E-state index is 13.3. The lowest BCUT2D eigenvalue weighted by Gasteiger charge is -2.13. The van der Waals surface area contributed by atoms with Crippen LogP contribution in [0.5, 0.6) is 0 Å². The molecule has 7 nitrogen and oxygen atoms in total. The average molecular weight is 435 g/mol. The Morgan fingerprint density at radius 3 is 2.69 bits per heavy atom. The minimum atomic E-state index is -3.52. The Hall–Kier alpha value is -1.33. The Morgan fingerprint density at radius 1 is 1.42 bits per heavy atom. The monoisotopic (exact) mass is 434 g/mol. The van der Waals surface area contributed by atoms with E-state index in [-0.39, 0.29) is 16.5 Å². The summed E-state index contributed by atoms with van der Waals surface area (Å²) in [5.41, 5.74) is 7.43. The molecule has 0 fully saturated rings. The number of thiophene rings is 1. The predicted molar refractivity (Wildman–Crippen MR) is 105 cm³/mol. The Kier molecular flexibility index (Phi) is 7.30. The SMILES string of the molecule is CC(C)CC(N)C(=O)N=S(=O)(NC(=O)Cc1cncs1)c1cc(Cl)cs1. The Bertz CT molecular complexity index is 886. The molecule has 2 amide bonds. The number of aromatic nitrogens is 1. The van der Waals surface area contributed by atoms with E-state index in [1.807, 2.05) is 13.8 Å². The number of nitrogens with zero attached hydrogens (tertiary/aromatic N) is 2. The van der Waals surface area contributed by atoms with E-state index < -0.39 is 27.8 Å². The lowest BCUT2D eigenvalue weighted by atomic mass is 10.0. The van der Waals surface area contributed by atoms with Crippen LogP contribution in [-0.2, 0) is 25.9 Å². The second-order valence-corrected chi connectivity index (χ2v) is 10.4. The van der Waals surface area contributed by atoms with E-state index in [0.717, 1.165) is 11.3 Å². The second kappa shape index (κ2) is 9.05. The van der Waals surface area contributed by atoms with Crippen LogP contribution in [0.1, 0.15) is 25.1 Å². The summed E-state index contributed by atoms with van der Waals surface area (Å²) in [4.78, 5) is 29.2. The van der Waals surface area contributed by atoms with Crippen LogP contribution < -0.4 is 10.5 Å². The van der Waals surface area contributed by atoms with Crippen LogP contribution >= 0.6 is 34.3 Å². The molecule has 26 heavy (non-hydrogen) atoms. The molecule has 0 aliphatic heterocycles. The van der Waals surface area contributed by atoms with Crippen molar-refractivity contribution in [2.75, 3.05) is 0 Å². The predicted octanol–water partition coefficient (Wildman–Crippen LogP) is 2.86. The third-order valence-corrected chi connectivity index (χ3v) is 7.57. The number of rotatable bonds is 7. The van der Waals surface area contributed by atoms with Gasteiger partial charge in [-0.15, -0.1) is 27.0 Å². The van der Waals surface area contributed by atoms with Gasteiger partial charge in [-0.25, -0.2) is 4.21 Å². The zero-order valence-corrected chi connectivity index (χ0v) is 17.4. The quantitative estimate of drug-likeness (QED) is 0.695. The number of halogens is 1. The van der Waals surface area contributed by atoms with E-state index in [4.69, 9.17) is 17.3 Å². The van der Waals surface area contributed by atoms with Gasteiger partial charge in [-0.05, 0) is 18.4 Å². The maximum Gasteiger partial charge on any atom is 0.272 e. The summed E-state index contributed by atoms with van der Waals surface area (Å²) in [5.74, 6) is -1.07. The van der Waals surface area contributed by atoms with Gasteiger partial charge >= 0.3 is 0 Å². The molecule has 0 spiro atoms. The Balaban J connectivity index is 2.30. The van der Waals surface area contributed by atoms with Crippen LogP contribution in [0, 0.1) is 5.92 Å². The van der Waals surface area contributed by atoms with Gasteiger partial charge in [-0.3, -0.25) is 19.3 Å². The third-order valence-electron chi connectivity index (χ3n) is 3.15. The molecule has 0 saturated heterocycles. The number of nitrogens with two attached hydrogens (primary N) is 1. The smallest absolute Gasteiger partial charge is 0.272 e. The summed E-state index contributed by atoms with van der Waals surface area (Å²) in [6.45, 7) is 3.83. The van der Waals surface area contributed by atoms with Gasteiger partial charge in [0.15, 0.2) is 9.92 Å². The molecule has 2 unspecified atom stereocenters. The molecular formula is C15H19ClN4O3S3. The molecule has 0 saturated carbocycles. The lowest BCUT2D eigenvalue weighted by Crippen LogP contribution is -2.35. The van der Waals surface area contributed by atoms with E-state index in [1.165, 1.54) is 17.4 Å². The minimum absolute atomic E-state index is 0.0114. The fraction of sp³-hybridized carbons (Fsp3) is 0.400. The van der Waals surface area contributed by atoms with Crippen molar-refractivity contribution >= 4 is 56.0 Å². The topological polar surface area (TPSA) is 115 Å². The van der Waals surface area contributed by atoms with Gasteiger partial charge in [0.1, 0.15) is 4.21 Å². The first-order chi connectivity index (χ1) is 12.2.